The summed E-state index contributed by atoms with van der Waals surface area (Å²) in [5.74, 6) is 1.68. The lowest BCUT2D eigenvalue weighted by Crippen LogP contribution is -2.04. The van der Waals surface area contributed by atoms with Gasteiger partial charge in [-0.15, -0.1) is 0 Å². The third-order valence-corrected chi connectivity index (χ3v) is 4.96. The Balaban J connectivity index is 1.62. The minimum absolute atomic E-state index is 0.690. The summed E-state index contributed by atoms with van der Waals surface area (Å²) < 4.78 is 0. The van der Waals surface area contributed by atoms with Gasteiger partial charge >= 0.3 is 0 Å². The van der Waals surface area contributed by atoms with Crippen molar-refractivity contribution in [1.82, 2.24) is 9.97 Å². The van der Waals surface area contributed by atoms with Crippen molar-refractivity contribution in [2.75, 3.05) is 10.6 Å². The van der Waals surface area contributed by atoms with E-state index in [4.69, 9.17) is 16.6 Å². The van der Waals surface area contributed by atoms with E-state index in [-0.39, 0.29) is 0 Å². The van der Waals surface area contributed by atoms with E-state index in [0.717, 1.165) is 44.4 Å². The van der Waals surface area contributed by atoms with Crippen molar-refractivity contribution in [3.63, 3.8) is 0 Å². The van der Waals surface area contributed by atoms with Crippen LogP contribution in [-0.4, -0.2) is 9.97 Å². The van der Waals surface area contributed by atoms with Crippen LogP contribution in [0.15, 0.2) is 66.9 Å². The fourth-order valence-electron chi connectivity index (χ4n) is 3.10. The molecular formula is C23H21ClN4. The Bertz CT molecular complexity index is 1120. The van der Waals surface area contributed by atoms with Crippen LogP contribution in [0.3, 0.4) is 0 Å². The Morgan fingerprint density at radius 1 is 0.893 bits per heavy atom. The standard InChI is InChI=1S/C23H21ClN4/c1-15-5-3-4-6-20(15)27-23-19-13-16(2)22(28-21(19)11-12-25-23)26-14-17-7-9-18(24)10-8-17/h3-13H,14H2,1-2H3,(H,25,27)(H,26,28). The van der Waals surface area contributed by atoms with Crippen molar-refractivity contribution < 1.29 is 0 Å². The molecule has 2 N–H and O–H groups in total. The van der Waals surface area contributed by atoms with Crippen LogP contribution in [0.1, 0.15) is 16.7 Å². The number of aryl methyl sites for hydroxylation is 2. The van der Waals surface area contributed by atoms with E-state index in [1.54, 1.807) is 6.20 Å². The third-order valence-electron chi connectivity index (χ3n) is 4.71. The molecule has 0 aliphatic carbocycles. The minimum atomic E-state index is 0.690. The van der Waals surface area contributed by atoms with Gasteiger partial charge in [0.05, 0.1) is 5.52 Å². The minimum Gasteiger partial charge on any atom is -0.366 e. The van der Waals surface area contributed by atoms with Crippen molar-refractivity contribution in [2.24, 2.45) is 0 Å². The predicted octanol–water partition coefficient (Wildman–Crippen LogP) is 6.26. The molecule has 140 valence electrons. The van der Waals surface area contributed by atoms with E-state index in [0.29, 0.717) is 6.54 Å². The van der Waals surface area contributed by atoms with Gasteiger partial charge in [-0.25, -0.2) is 9.97 Å². The first-order valence-corrected chi connectivity index (χ1v) is 9.55. The van der Waals surface area contributed by atoms with E-state index in [1.165, 1.54) is 5.56 Å². The maximum atomic E-state index is 5.96. The second kappa shape index (κ2) is 7.87. The van der Waals surface area contributed by atoms with Crippen molar-refractivity contribution in [3.8, 4) is 0 Å². The second-order valence-electron chi connectivity index (χ2n) is 6.80. The smallest absolute Gasteiger partial charge is 0.139 e. The highest BCUT2D eigenvalue weighted by Gasteiger charge is 2.09. The van der Waals surface area contributed by atoms with E-state index >= 15 is 0 Å². The van der Waals surface area contributed by atoms with Crippen molar-refractivity contribution in [2.45, 2.75) is 20.4 Å². The van der Waals surface area contributed by atoms with Crippen LogP contribution in [-0.2, 0) is 6.54 Å². The van der Waals surface area contributed by atoms with Gasteiger partial charge < -0.3 is 10.6 Å². The van der Waals surface area contributed by atoms with Gasteiger partial charge in [-0.3, -0.25) is 0 Å². The number of halogens is 1. The molecule has 2 aromatic heterocycles. The van der Waals surface area contributed by atoms with Gasteiger partial charge in [-0.2, -0.15) is 0 Å². The largest absolute Gasteiger partial charge is 0.366 e. The van der Waals surface area contributed by atoms with Crippen LogP contribution in [0, 0.1) is 13.8 Å². The quantitative estimate of drug-likeness (QED) is 0.424. The molecule has 0 atom stereocenters. The highest BCUT2D eigenvalue weighted by atomic mass is 35.5. The molecule has 0 saturated heterocycles. The lowest BCUT2D eigenvalue weighted by atomic mass is 10.1. The fourth-order valence-corrected chi connectivity index (χ4v) is 3.23. The molecule has 2 heterocycles. The Morgan fingerprint density at radius 2 is 1.68 bits per heavy atom. The molecule has 0 unspecified atom stereocenters. The molecule has 28 heavy (non-hydrogen) atoms. The molecule has 4 rings (SSSR count). The molecule has 5 heteroatoms. The normalized spacial score (nSPS) is 10.8. The Labute approximate surface area is 169 Å². The third kappa shape index (κ3) is 3.92. The first kappa shape index (κ1) is 18.3. The van der Waals surface area contributed by atoms with Crippen LogP contribution in [0.5, 0.6) is 0 Å². The first-order chi connectivity index (χ1) is 13.6. The molecule has 0 aliphatic heterocycles. The Kier molecular flexibility index (Phi) is 5.13. The molecule has 0 aliphatic rings. The summed E-state index contributed by atoms with van der Waals surface area (Å²) in [6, 6.07) is 20.1. The van der Waals surface area contributed by atoms with E-state index in [9.17, 15) is 0 Å². The summed E-state index contributed by atoms with van der Waals surface area (Å²) in [4.78, 5) is 9.35. The average Bonchev–Trinajstić information content (AvgIpc) is 2.70. The van der Waals surface area contributed by atoms with Crippen LogP contribution in [0.4, 0.5) is 17.3 Å². The van der Waals surface area contributed by atoms with Gasteiger partial charge in [0.25, 0.3) is 0 Å². The highest BCUT2D eigenvalue weighted by Crippen LogP contribution is 2.28. The number of fused-ring (bicyclic) bond motifs is 1. The molecule has 2 aromatic carbocycles. The number of hydrogen-bond donors (Lipinski definition) is 2. The number of benzene rings is 2. The van der Waals surface area contributed by atoms with Gasteiger partial charge in [-0.1, -0.05) is 41.9 Å². The second-order valence-corrected chi connectivity index (χ2v) is 7.24. The zero-order valence-corrected chi connectivity index (χ0v) is 16.6. The summed E-state index contributed by atoms with van der Waals surface area (Å²) >= 11 is 5.96. The molecule has 4 aromatic rings. The van der Waals surface area contributed by atoms with Gasteiger partial charge in [0, 0.05) is 28.8 Å². The lowest BCUT2D eigenvalue weighted by molar-refractivity contribution is 1.11. The van der Waals surface area contributed by atoms with Crippen molar-refractivity contribution >= 4 is 39.8 Å². The number of nitrogens with one attached hydrogen (secondary N) is 2. The van der Waals surface area contributed by atoms with Gasteiger partial charge in [0.1, 0.15) is 11.6 Å². The Hall–Kier alpha value is -3.11. The Morgan fingerprint density at radius 3 is 2.46 bits per heavy atom. The molecule has 0 bridgehead atoms. The zero-order valence-electron chi connectivity index (χ0n) is 15.8. The van der Waals surface area contributed by atoms with E-state index < -0.39 is 0 Å². The van der Waals surface area contributed by atoms with Crippen LogP contribution >= 0.6 is 11.6 Å². The SMILES string of the molecule is Cc1ccccc1Nc1nccc2nc(NCc3ccc(Cl)cc3)c(C)cc12. The average molecular weight is 389 g/mol. The number of rotatable bonds is 5. The van der Waals surface area contributed by atoms with Gasteiger partial charge in [0.15, 0.2) is 0 Å². The molecular weight excluding hydrogens is 368 g/mol. The maximum absolute atomic E-state index is 5.96. The summed E-state index contributed by atoms with van der Waals surface area (Å²) in [7, 11) is 0. The highest BCUT2D eigenvalue weighted by molar-refractivity contribution is 6.30. The number of pyridine rings is 2. The summed E-state index contributed by atoms with van der Waals surface area (Å²) in [6.45, 7) is 4.83. The summed E-state index contributed by atoms with van der Waals surface area (Å²) in [5.41, 5.74) is 5.34. The molecule has 4 nitrogen and oxygen atoms in total. The van der Waals surface area contributed by atoms with Crippen LogP contribution in [0.25, 0.3) is 10.9 Å². The van der Waals surface area contributed by atoms with Crippen LogP contribution < -0.4 is 10.6 Å². The molecule has 0 radical (unpaired) electrons. The van der Waals surface area contributed by atoms with Gasteiger partial charge in [-0.05, 0) is 60.9 Å². The monoisotopic (exact) mass is 388 g/mol. The van der Waals surface area contributed by atoms with E-state index in [1.807, 2.05) is 42.5 Å². The number of hydrogen-bond acceptors (Lipinski definition) is 4. The number of aromatic nitrogens is 2. The molecule has 0 fully saturated rings. The maximum Gasteiger partial charge on any atom is 0.139 e. The predicted molar refractivity (Wildman–Crippen MR) is 118 cm³/mol. The molecule has 0 spiro atoms. The lowest BCUT2D eigenvalue weighted by Gasteiger charge is -2.14. The van der Waals surface area contributed by atoms with Crippen LogP contribution in [0.2, 0.25) is 5.02 Å². The zero-order chi connectivity index (χ0) is 19.5. The van der Waals surface area contributed by atoms with E-state index in [2.05, 4.69) is 47.7 Å². The summed E-state index contributed by atoms with van der Waals surface area (Å²) in [5, 5.41) is 8.61. The van der Waals surface area contributed by atoms with Crippen molar-refractivity contribution in [1.29, 1.82) is 0 Å². The number of nitrogens with zero attached hydrogens (tertiary/aromatic N) is 2. The number of para-hydroxylation sites is 1. The molecule has 0 saturated carbocycles. The van der Waals surface area contributed by atoms with Gasteiger partial charge in [0.2, 0.25) is 0 Å². The summed E-state index contributed by atoms with van der Waals surface area (Å²) in [6.07, 6.45) is 1.79. The van der Waals surface area contributed by atoms with Crippen molar-refractivity contribution in [3.05, 3.63) is 88.6 Å². The first-order valence-electron chi connectivity index (χ1n) is 9.17. The fraction of sp³-hybridized carbons (Fsp3) is 0.130. The molecule has 0 amide bonds. The topological polar surface area (TPSA) is 49.8 Å². The number of anilines is 3.